The van der Waals surface area contributed by atoms with Crippen LogP contribution >= 0.6 is 11.3 Å². The molecule has 0 amide bonds. The zero-order chi connectivity index (χ0) is 11.5. The van der Waals surface area contributed by atoms with Gasteiger partial charge in [-0.1, -0.05) is 0 Å². The molecule has 1 fully saturated rings. The van der Waals surface area contributed by atoms with E-state index in [1.54, 1.807) is 6.92 Å². The van der Waals surface area contributed by atoms with Crippen LogP contribution in [0.4, 0.5) is 10.7 Å². The van der Waals surface area contributed by atoms with Gasteiger partial charge in [0.05, 0.1) is 15.6 Å². The number of rotatable bonds is 2. The predicted octanol–water partition coefficient (Wildman–Crippen LogP) is 1.33. The molecule has 2 rings (SSSR count). The molecule has 0 unspecified atom stereocenters. The van der Waals surface area contributed by atoms with Gasteiger partial charge in [-0.2, -0.15) is 0 Å². The maximum Gasteiger partial charge on any atom is 0.171 e. The van der Waals surface area contributed by atoms with E-state index in [2.05, 4.69) is 10.2 Å². The average Bonchev–Trinajstić information content (AvgIpc) is 2.50. The molecule has 3 N–H and O–H groups in total. The number of ketones is 1. The van der Waals surface area contributed by atoms with Crippen molar-refractivity contribution in [3.63, 3.8) is 0 Å². The summed E-state index contributed by atoms with van der Waals surface area (Å²) in [4.78, 5) is 14.3. The largest absolute Gasteiger partial charge is 0.397 e. The number of thiophene rings is 1. The van der Waals surface area contributed by atoms with Gasteiger partial charge in [-0.15, -0.1) is 11.3 Å². The van der Waals surface area contributed by atoms with Gasteiger partial charge < -0.3 is 16.0 Å². The molecule has 0 spiro atoms. The SMILES string of the molecule is CC(=O)c1sc(N2CCCNCC2)cc1N. The average molecular weight is 239 g/mol. The molecule has 1 saturated heterocycles. The Morgan fingerprint density at radius 1 is 1.50 bits per heavy atom. The third kappa shape index (κ3) is 2.36. The minimum atomic E-state index is 0.0571. The topological polar surface area (TPSA) is 58.4 Å². The molecule has 0 atom stereocenters. The fourth-order valence-corrected chi connectivity index (χ4v) is 2.92. The normalized spacial score (nSPS) is 17.2. The van der Waals surface area contributed by atoms with Crippen LogP contribution in [0, 0.1) is 0 Å². The molecule has 0 bridgehead atoms. The monoisotopic (exact) mass is 239 g/mol. The van der Waals surface area contributed by atoms with E-state index in [4.69, 9.17) is 5.73 Å². The Balaban J connectivity index is 2.19. The Labute approximate surface area is 99.4 Å². The molecule has 0 saturated carbocycles. The minimum Gasteiger partial charge on any atom is -0.397 e. The Morgan fingerprint density at radius 2 is 2.31 bits per heavy atom. The van der Waals surface area contributed by atoms with Crippen LogP contribution in [0.25, 0.3) is 0 Å². The maximum atomic E-state index is 11.3. The smallest absolute Gasteiger partial charge is 0.171 e. The number of nitrogen functional groups attached to an aromatic ring is 1. The molecular weight excluding hydrogens is 222 g/mol. The second-order valence-electron chi connectivity index (χ2n) is 4.02. The van der Waals surface area contributed by atoms with Gasteiger partial charge >= 0.3 is 0 Å². The van der Waals surface area contributed by atoms with Gasteiger partial charge in [-0.3, -0.25) is 4.79 Å². The molecule has 0 radical (unpaired) electrons. The summed E-state index contributed by atoms with van der Waals surface area (Å²) in [6, 6.07) is 1.92. The van der Waals surface area contributed by atoms with Crippen molar-refractivity contribution in [3.8, 4) is 0 Å². The number of carbonyl (C=O) groups is 1. The maximum absolute atomic E-state index is 11.3. The quantitative estimate of drug-likeness (QED) is 0.765. The van der Waals surface area contributed by atoms with Crippen molar-refractivity contribution in [3.05, 3.63) is 10.9 Å². The van der Waals surface area contributed by atoms with Gasteiger partial charge in [0.25, 0.3) is 0 Å². The Bertz CT molecular complexity index is 381. The summed E-state index contributed by atoms with van der Waals surface area (Å²) in [5, 5.41) is 4.47. The van der Waals surface area contributed by atoms with Gasteiger partial charge in [-0.05, 0) is 19.0 Å². The van der Waals surface area contributed by atoms with Gasteiger partial charge in [0, 0.05) is 26.6 Å². The first kappa shape index (κ1) is 11.4. The highest BCUT2D eigenvalue weighted by atomic mass is 32.1. The van der Waals surface area contributed by atoms with Gasteiger partial charge in [0.15, 0.2) is 5.78 Å². The molecule has 1 aromatic rings. The first-order valence-electron chi connectivity index (χ1n) is 5.54. The summed E-state index contributed by atoms with van der Waals surface area (Å²) in [7, 11) is 0. The van der Waals surface area contributed by atoms with Crippen molar-refractivity contribution in [2.24, 2.45) is 0 Å². The molecule has 2 heterocycles. The Morgan fingerprint density at radius 3 is 3.00 bits per heavy atom. The number of carbonyl (C=O) groups excluding carboxylic acids is 1. The molecule has 88 valence electrons. The fourth-order valence-electron chi connectivity index (χ4n) is 1.89. The Hall–Kier alpha value is -1.07. The first-order chi connectivity index (χ1) is 7.68. The standard InChI is InChI=1S/C11H17N3OS/c1-8(15)11-9(12)7-10(16-11)14-5-2-3-13-4-6-14/h7,13H,2-6,12H2,1H3. The van der Waals surface area contributed by atoms with Crippen LogP contribution in [0.2, 0.25) is 0 Å². The summed E-state index contributed by atoms with van der Waals surface area (Å²) in [5.74, 6) is 0.0571. The number of hydrogen-bond acceptors (Lipinski definition) is 5. The lowest BCUT2D eigenvalue weighted by Crippen LogP contribution is -2.26. The van der Waals surface area contributed by atoms with E-state index in [-0.39, 0.29) is 5.78 Å². The molecule has 5 heteroatoms. The molecule has 4 nitrogen and oxygen atoms in total. The van der Waals surface area contributed by atoms with E-state index in [9.17, 15) is 4.79 Å². The molecule has 1 aromatic heterocycles. The third-order valence-corrected chi connectivity index (χ3v) is 4.03. The lowest BCUT2D eigenvalue weighted by atomic mass is 10.3. The van der Waals surface area contributed by atoms with Crippen LogP contribution in [-0.4, -0.2) is 32.0 Å². The molecule has 16 heavy (non-hydrogen) atoms. The minimum absolute atomic E-state index is 0.0571. The van der Waals surface area contributed by atoms with Crippen LogP contribution in [0.15, 0.2) is 6.07 Å². The number of nitrogens with zero attached hydrogens (tertiary/aromatic N) is 1. The molecule has 1 aliphatic rings. The van der Waals surface area contributed by atoms with Crippen molar-refractivity contribution < 1.29 is 4.79 Å². The van der Waals surface area contributed by atoms with E-state index < -0.39 is 0 Å². The lowest BCUT2D eigenvalue weighted by Gasteiger charge is -2.19. The zero-order valence-corrected chi connectivity index (χ0v) is 10.3. The number of nitrogens with one attached hydrogen (secondary N) is 1. The molecular formula is C11H17N3OS. The molecule has 1 aliphatic heterocycles. The van der Waals surface area contributed by atoms with Crippen molar-refractivity contribution in [2.75, 3.05) is 36.8 Å². The number of hydrogen-bond donors (Lipinski definition) is 2. The van der Waals surface area contributed by atoms with Crippen LogP contribution in [0.3, 0.4) is 0 Å². The van der Waals surface area contributed by atoms with Crippen LogP contribution in [0.5, 0.6) is 0 Å². The molecule has 0 aliphatic carbocycles. The van der Waals surface area contributed by atoms with Crippen LogP contribution < -0.4 is 16.0 Å². The number of Topliss-reactive ketones (excluding diaryl/α,β-unsaturated/α-hetero) is 1. The first-order valence-corrected chi connectivity index (χ1v) is 6.36. The van der Waals surface area contributed by atoms with E-state index in [0.29, 0.717) is 10.6 Å². The zero-order valence-electron chi connectivity index (χ0n) is 9.45. The predicted molar refractivity (Wildman–Crippen MR) is 68.4 cm³/mol. The van der Waals surface area contributed by atoms with Gasteiger partial charge in [-0.25, -0.2) is 0 Å². The summed E-state index contributed by atoms with van der Waals surface area (Å²) < 4.78 is 0. The highest BCUT2D eigenvalue weighted by molar-refractivity contribution is 7.18. The highest BCUT2D eigenvalue weighted by Crippen LogP contribution is 2.32. The fraction of sp³-hybridized carbons (Fsp3) is 0.545. The van der Waals surface area contributed by atoms with Crippen molar-refractivity contribution in [1.29, 1.82) is 0 Å². The summed E-state index contributed by atoms with van der Waals surface area (Å²) in [6.45, 7) is 5.64. The van der Waals surface area contributed by atoms with E-state index >= 15 is 0 Å². The Kier molecular flexibility index (Phi) is 3.46. The van der Waals surface area contributed by atoms with Crippen molar-refractivity contribution >= 4 is 27.8 Å². The summed E-state index contributed by atoms with van der Waals surface area (Å²) in [6.07, 6.45) is 1.13. The summed E-state index contributed by atoms with van der Waals surface area (Å²) >= 11 is 1.51. The highest BCUT2D eigenvalue weighted by Gasteiger charge is 2.16. The van der Waals surface area contributed by atoms with Gasteiger partial charge in [0.1, 0.15) is 0 Å². The molecule has 0 aromatic carbocycles. The summed E-state index contributed by atoms with van der Waals surface area (Å²) in [5.41, 5.74) is 6.45. The van der Waals surface area contributed by atoms with Crippen molar-refractivity contribution in [2.45, 2.75) is 13.3 Å². The van der Waals surface area contributed by atoms with Crippen LogP contribution in [-0.2, 0) is 0 Å². The van der Waals surface area contributed by atoms with Crippen LogP contribution in [0.1, 0.15) is 23.0 Å². The van der Waals surface area contributed by atoms with Gasteiger partial charge in [0.2, 0.25) is 0 Å². The lowest BCUT2D eigenvalue weighted by molar-refractivity contribution is 0.102. The van der Waals surface area contributed by atoms with E-state index in [0.717, 1.165) is 37.6 Å². The second kappa shape index (κ2) is 4.84. The van der Waals surface area contributed by atoms with E-state index in [1.165, 1.54) is 11.3 Å². The second-order valence-corrected chi connectivity index (χ2v) is 5.05. The van der Waals surface area contributed by atoms with Crippen molar-refractivity contribution in [1.82, 2.24) is 5.32 Å². The third-order valence-electron chi connectivity index (χ3n) is 2.72. The van der Waals surface area contributed by atoms with E-state index in [1.807, 2.05) is 6.07 Å². The number of nitrogens with two attached hydrogens (primary N) is 1. The number of anilines is 2.